The number of aromatic nitrogens is 1. The molecule has 8 heteroatoms. The maximum absolute atomic E-state index is 12.7. The highest BCUT2D eigenvalue weighted by molar-refractivity contribution is 7.92. The van der Waals surface area contributed by atoms with E-state index in [1.807, 2.05) is 76.2 Å². The molecule has 0 bridgehead atoms. The number of nitrogens with zero attached hydrogens (tertiary/aromatic N) is 3. The van der Waals surface area contributed by atoms with Gasteiger partial charge in [0, 0.05) is 28.2 Å². The number of carbonyl (C=O) groups excluding carboxylic acids is 1. The third kappa shape index (κ3) is 6.03. The van der Waals surface area contributed by atoms with E-state index in [1.165, 1.54) is 10.6 Å². The summed E-state index contributed by atoms with van der Waals surface area (Å²) in [5.41, 5.74) is 10.6. The zero-order valence-corrected chi connectivity index (χ0v) is 23.1. The van der Waals surface area contributed by atoms with Crippen LogP contribution < -0.4 is 9.73 Å². The van der Waals surface area contributed by atoms with E-state index >= 15 is 0 Å². The normalized spacial score (nSPS) is 11.6. The van der Waals surface area contributed by atoms with Crippen LogP contribution in [0.4, 0.5) is 5.69 Å². The number of para-hydroxylation sites is 1. The minimum absolute atomic E-state index is 0.165. The van der Waals surface area contributed by atoms with Gasteiger partial charge >= 0.3 is 0 Å². The minimum atomic E-state index is -3.50. The standard InChI is InChI=1S/C30H32N4O3S/c1-21-11-16-29(17-22(21)2)33(38(5,36)37)20-25-12-14-26(15-13-25)30(35)32-31-19-27-18-23(3)34(24(27)4)28-9-7-6-8-10-28/h6-19H,20H2,1-5H3,(H,32,35). The van der Waals surface area contributed by atoms with Crippen molar-refractivity contribution in [1.29, 1.82) is 0 Å². The third-order valence-corrected chi connectivity index (χ3v) is 7.72. The topological polar surface area (TPSA) is 83.8 Å². The smallest absolute Gasteiger partial charge is 0.271 e. The zero-order chi connectivity index (χ0) is 27.4. The lowest BCUT2D eigenvalue weighted by Crippen LogP contribution is -2.29. The molecule has 38 heavy (non-hydrogen) atoms. The zero-order valence-electron chi connectivity index (χ0n) is 22.3. The Labute approximate surface area is 224 Å². The molecule has 196 valence electrons. The van der Waals surface area contributed by atoms with Crippen LogP contribution in [0, 0.1) is 27.7 Å². The summed E-state index contributed by atoms with van der Waals surface area (Å²) >= 11 is 0. The summed E-state index contributed by atoms with van der Waals surface area (Å²) in [6.07, 6.45) is 2.83. The van der Waals surface area contributed by atoms with E-state index in [2.05, 4.69) is 15.1 Å². The Morgan fingerprint density at radius 1 is 0.921 bits per heavy atom. The van der Waals surface area contributed by atoms with Crippen LogP contribution in [0.15, 0.2) is 84.0 Å². The monoisotopic (exact) mass is 528 g/mol. The van der Waals surface area contributed by atoms with Crippen LogP contribution in [0.1, 0.15) is 44.0 Å². The van der Waals surface area contributed by atoms with Gasteiger partial charge in [-0.3, -0.25) is 9.10 Å². The average molecular weight is 529 g/mol. The van der Waals surface area contributed by atoms with Crippen molar-refractivity contribution in [3.63, 3.8) is 0 Å². The van der Waals surface area contributed by atoms with Crippen LogP contribution in [0.2, 0.25) is 0 Å². The summed E-state index contributed by atoms with van der Waals surface area (Å²) in [6, 6.07) is 24.5. The predicted octanol–water partition coefficient (Wildman–Crippen LogP) is 5.44. The van der Waals surface area contributed by atoms with Gasteiger partial charge in [0.1, 0.15) is 0 Å². The van der Waals surface area contributed by atoms with Gasteiger partial charge in [-0.05, 0) is 86.8 Å². The molecule has 0 fully saturated rings. The fourth-order valence-electron chi connectivity index (χ4n) is 4.33. The lowest BCUT2D eigenvalue weighted by molar-refractivity contribution is 0.0955. The number of anilines is 1. The highest BCUT2D eigenvalue weighted by Gasteiger charge is 2.19. The highest BCUT2D eigenvalue weighted by Crippen LogP contribution is 2.24. The highest BCUT2D eigenvalue weighted by atomic mass is 32.2. The van der Waals surface area contributed by atoms with Crippen molar-refractivity contribution in [2.24, 2.45) is 5.10 Å². The molecular weight excluding hydrogens is 496 g/mol. The molecule has 1 aromatic heterocycles. The maximum Gasteiger partial charge on any atom is 0.271 e. The summed E-state index contributed by atoms with van der Waals surface area (Å²) in [4.78, 5) is 12.7. The van der Waals surface area contributed by atoms with Crippen LogP contribution in [0.5, 0.6) is 0 Å². The number of hydrogen-bond donors (Lipinski definition) is 1. The van der Waals surface area contributed by atoms with Crippen molar-refractivity contribution >= 4 is 27.8 Å². The van der Waals surface area contributed by atoms with Crippen molar-refractivity contribution in [1.82, 2.24) is 9.99 Å². The summed E-state index contributed by atoms with van der Waals surface area (Å²) in [7, 11) is -3.50. The molecule has 0 saturated heterocycles. The molecule has 4 rings (SSSR count). The Kier molecular flexibility index (Phi) is 7.83. The Morgan fingerprint density at radius 2 is 1.61 bits per heavy atom. The average Bonchev–Trinajstić information content (AvgIpc) is 3.17. The number of hydrazone groups is 1. The largest absolute Gasteiger partial charge is 0.318 e. The molecule has 1 amide bonds. The first-order valence-electron chi connectivity index (χ1n) is 12.3. The number of aryl methyl sites for hydroxylation is 3. The molecule has 0 unspecified atom stereocenters. The van der Waals surface area contributed by atoms with Gasteiger partial charge in [-0.15, -0.1) is 0 Å². The lowest BCUT2D eigenvalue weighted by Gasteiger charge is -2.23. The molecular formula is C30H32N4O3S. The molecule has 0 spiro atoms. The van der Waals surface area contributed by atoms with Crippen molar-refractivity contribution < 1.29 is 13.2 Å². The SMILES string of the molecule is Cc1ccc(N(Cc2ccc(C(=O)NN=Cc3cc(C)n(-c4ccccc4)c3C)cc2)S(C)(=O)=O)cc1C. The van der Waals surface area contributed by atoms with E-state index < -0.39 is 10.0 Å². The van der Waals surface area contributed by atoms with E-state index in [4.69, 9.17) is 0 Å². The van der Waals surface area contributed by atoms with Crippen LogP contribution in [-0.2, 0) is 16.6 Å². The lowest BCUT2D eigenvalue weighted by atomic mass is 10.1. The number of rotatable bonds is 8. The van der Waals surface area contributed by atoms with Crippen molar-refractivity contribution in [2.75, 3.05) is 10.6 Å². The first-order chi connectivity index (χ1) is 18.0. The van der Waals surface area contributed by atoms with Gasteiger partial charge in [0.25, 0.3) is 5.91 Å². The van der Waals surface area contributed by atoms with Crippen molar-refractivity contribution in [3.8, 4) is 5.69 Å². The Hall–Kier alpha value is -4.17. The van der Waals surface area contributed by atoms with Gasteiger partial charge in [0.2, 0.25) is 10.0 Å². The van der Waals surface area contributed by atoms with Crippen molar-refractivity contribution in [2.45, 2.75) is 34.2 Å². The number of hydrogen-bond acceptors (Lipinski definition) is 4. The molecule has 0 radical (unpaired) electrons. The molecule has 3 aromatic carbocycles. The molecule has 0 atom stereocenters. The van der Waals surface area contributed by atoms with Gasteiger partial charge in [-0.2, -0.15) is 5.10 Å². The number of carbonyl (C=O) groups is 1. The van der Waals surface area contributed by atoms with Crippen molar-refractivity contribution in [3.05, 3.63) is 118 Å². The first kappa shape index (κ1) is 26.9. The predicted molar refractivity (Wildman–Crippen MR) is 154 cm³/mol. The Balaban J connectivity index is 1.44. The van der Waals surface area contributed by atoms with E-state index in [9.17, 15) is 13.2 Å². The number of nitrogens with one attached hydrogen (secondary N) is 1. The fourth-order valence-corrected chi connectivity index (χ4v) is 5.21. The number of amides is 1. The van der Waals surface area contributed by atoms with E-state index in [-0.39, 0.29) is 12.5 Å². The van der Waals surface area contributed by atoms with Crippen LogP contribution in [-0.4, -0.2) is 31.4 Å². The van der Waals surface area contributed by atoms with Gasteiger partial charge in [-0.25, -0.2) is 13.8 Å². The molecule has 1 N–H and O–H groups in total. The second-order valence-corrected chi connectivity index (χ2v) is 11.3. The Bertz CT molecular complexity index is 1590. The van der Waals surface area contributed by atoms with Gasteiger partial charge < -0.3 is 4.57 Å². The molecule has 1 heterocycles. The molecule has 0 aliphatic carbocycles. The summed E-state index contributed by atoms with van der Waals surface area (Å²) in [5, 5.41) is 4.16. The Morgan fingerprint density at radius 3 is 2.24 bits per heavy atom. The summed E-state index contributed by atoms with van der Waals surface area (Å²) in [5.74, 6) is -0.348. The maximum atomic E-state index is 12.7. The summed E-state index contributed by atoms with van der Waals surface area (Å²) < 4.78 is 28.5. The third-order valence-electron chi connectivity index (χ3n) is 6.58. The molecule has 0 aliphatic heterocycles. The van der Waals surface area contributed by atoms with Crippen LogP contribution >= 0.6 is 0 Å². The number of sulfonamides is 1. The van der Waals surface area contributed by atoms with E-state index in [0.717, 1.165) is 39.3 Å². The number of benzene rings is 3. The molecule has 4 aromatic rings. The summed E-state index contributed by atoms with van der Waals surface area (Å²) in [6.45, 7) is 8.15. The molecule has 7 nitrogen and oxygen atoms in total. The second-order valence-electron chi connectivity index (χ2n) is 9.43. The van der Waals surface area contributed by atoms with Crippen LogP contribution in [0.3, 0.4) is 0 Å². The van der Waals surface area contributed by atoms with Gasteiger partial charge in [-0.1, -0.05) is 36.4 Å². The van der Waals surface area contributed by atoms with Gasteiger partial charge in [0.05, 0.1) is 24.7 Å². The second kappa shape index (κ2) is 11.1. The van der Waals surface area contributed by atoms with E-state index in [1.54, 1.807) is 36.5 Å². The molecule has 0 aliphatic rings. The van der Waals surface area contributed by atoms with Crippen LogP contribution in [0.25, 0.3) is 5.69 Å². The molecule has 0 saturated carbocycles. The first-order valence-corrected chi connectivity index (χ1v) is 14.1. The van der Waals surface area contributed by atoms with Gasteiger partial charge in [0.15, 0.2) is 0 Å². The van der Waals surface area contributed by atoms with E-state index in [0.29, 0.717) is 11.3 Å². The fraction of sp³-hybridized carbons (Fsp3) is 0.200. The quantitative estimate of drug-likeness (QED) is 0.244. The minimum Gasteiger partial charge on any atom is -0.318 e.